The minimum absolute atomic E-state index is 0.00290. The van der Waals surface area contributed by atoms with Gasteiger partial charge in [-0.15, -0.1) is 23.5 Å². The van der Waals surface area contributed by atoms with Gasteiger partial charge in [0.05, 0.1) is 17.2 Å². The summed E-state index contributed by atoms with van der Waals surface area (Å²) in [5.74, 6) is 2.90. The predicted molar refractivity (Wildman–Crippen MR) is 98.4 cm³/mol. The third-order valence-electron chi connectivity index (χ3n) is 4.34. The van der Waals surface area contributed by atoms with Crippen molar-refractivity contribution in [3.63, 3.8) is 0 Å². The fourth-order valence-corrected chi connectivity index (χ4v) is 5.74. The molecule has 2 aliphatic heterocycles. The minimum atomic E-state index is -0.352. The van der Waals surface area contributed by atoms with Crippen molar-refractivity contribution in [2.45, 2.75) is 17.8 Å². The Kier molecular flexibility index (Phi) is 5.30. The Morgan fingerprint density at radius 2 is 2.17 bits per heavy atom. The molecule has 2 fully saturated rings. The van der Waals surface area contributed by atoms with Crippen LogP contribution in [0.5, 0.6) is 5.75 Å². The van der Waals surface area contributed by atoms with Gasteiger partial charge in [0, 0.05) is 18.6 Å². The zero-order valence-electron chi connectivity index (χ0n) is 13.9. The van der Waals surface area contributed by atoms with Gasteiger partial charge < -0.3 is 14.5 Å². The Morgan fingerprint density at radius 1 is 1.42 bits per heavy atom. The molecular formula is C17H22N2O3S2. The Morgan fingerprint density at radius 3 is 2.92 bits per heavy atom. The van der Waals surface area contributed by atoms with E-state index in [1.165, 1.54) is 0 Å². The molecular weight excluding hydrogens is 344 g/mol. The fraction of sp³-hybridized carbons (Fsp3) is 0.529. The number of carbonyl (C=O) groups excluding carboxylic acids is 2. The molecule has 0 aromatic heterocycles. The average molecular weight is 367 g/mol. The van der Waals surface area contributed by atoms with Crippen LogP contribution in [0.15, 0.2) is 30.3 Å². The molecule has 2 aliphatic rings. The van der Waals surface area contributed by atoms with E-state index < -0.39 is 0 Å². The van der Waals surface area contributed by atoms with Gasteiger partial charge in [-0.1, -0.05) is 18.2 Å². The molecule has 130 valence electrons. The van der Waals surface area contributed by atoms with Crippen LogP contribution in [-0.2, 0) is 9.59 Å². The summed E-state index contributed by atoms with van der Waals surface area (Å²) in [5.41, 5.74) is 0. The second-order valence-electron chi connectivity index (χ2n) is 6.18. The molecule has 2 unspecified atom stereocenters. The molecule has 24 heavy (non-hydrogen) atoms. The Labute approximate surface area is 151 Å². The lowest BCUT2D eigenvalue weighted by atomic mass is 10.2. The molecule has 2 heterocycles. The quantitative estimate of drug-likeness (QED) is 0.797. The van der Waals surface area contributed by atoms with Crippen LogP contribution in [0.2, 0.25) is 0 Å². The molecule has 1 aromatic carbocycles. The van der Waals surface area contributed by atoms with E-state index in [4.69, 9.17) is 4.74 Å². The Balaban J connectivity index is 1.56. The van der Waals surface area contributed by atoms with Gasteiger partial charge in [-0.3, -0.25) is 9.59 Å². The number of benzene rings is 1. The average Bonchev–Trinajstić information content (AvgIpc) is 2.94. The number of likely N-dealkylation sites (N-methyl/N-ethyl adjacent to an activating group) is 1. The van der Waals surface area contributed by atoms with Crippen LogP contribution in [0.1, 0.15) is 6.92 Å². The lowest BCUT2D eigenvalue weighted by molar-refractivity contribution is -0.144. The van der Waals surface area contributed by atoms with Crippen molar-refractivity contribution >= 4 is 35.3 Å². The molecule has 0 saturated carbocycles. The largest absolute Gasteiger partial charge is 0.492 e. The van der Waals surface area contributed by atoms with Crippen molar-refractivity contribution in [3.8, 4) is 5.75 Å². The van der Waals surface area contributed by atoms with Crippen LogP contribution in [0.3, 0.4) is 0 Å². The van der Waals surface area contributed by atoms with Gasteiger partial charge in [-0.05, 0) is 19.1 Å². The second kappa shape index (κ2) is 7.27. The maximum Gasteiger partial charge on any atom is 0.246 e. The van der Waals surface area contributed by atoms with E-state index >= 15 is 0 Å². The number of nitrogens with zero attached hydrogens (tertiary/aromatic N) is 2. The molecule has 5 nitrogen and oxygen atoms in total. The lowest BCUT2D eigenvalue weighted by Crippen LogP contribution is -2.57. The second-order valence-corrected chi connectivity index (χ2v) is 8.67. The summed E-state index contributed by atoms with van der Waals surface area (Å²) in [4.78, 5) is 28.3. The number of rotatable bonds is 5. The molecule has 2 saturated heterocycles. The van der Waals surface area contributed by atoms with Gasteiger partial charge in [0.2, 0.25) is 11.8 Å². The Hall–Kier alpha value is -1.34. The summed E-state index contributed by atoms with van der Waals surface area (Å²) >= 11 is 3.37. The van der Waals surface area contributed by atoms with Crippen LogP contribution >= 0.6 is 23.5 Å². The number of carbonyl (C=O) groups is 2. The summed E-state index contributed by atoms with van der Waals surface area (Å²) in [6, 6.07) is 9.21. The van der Waals surface area contributed by atoms with E-state index in [-0.39, 0.29) is 22.7 Å². The highest BCUT2D eigenvalue weighted by Gasteiger charge is 2.51. The molecule has 0 bridgehead atoms. The zero-order chi connectivity index (χ0) is 17.2. The third kappa shape index (κ3) is 3.52. The molecule has 0 radical (unpaired) electrons. The first kappa shape index (κ1) is 17.5. The van der Waals surface area contributed by atoms with Crippen LogP contribution in [0.25, 0.3) is 0 Å². The van der Waals surface area contributed by atoms with Gasteiger partial charge in [-0.2, -0.15) is 0 Å². The number of amides is 2. The number of thioether (sulfide) groups is 2. The summed E-state index contributed by atoms with van der Waals surface area (Å²) in [6.45, 7) is 3.00. The number of para-hydroxylation sites is 1. The van der Waals surface area contributed by atoms with Crippen molar-refractivity contribution in [2.75, 3.05) is 37.5 Å². The molecule has 0 aliphatic carbocycles. The van der Waals surface area contributed by atoms with E-state index in [0.29, 0.717) is 24.7 Å². The molecule has 2 amide bonds. The molecule has 1 aromatic rings. The van der Waals surface area contributed by atoms with Gasteiger partial charge >= 0.3 is 0 Å². The van der Waals surface area contributed by atoms with Gasteiger partial charge in [0.25, 0.3) is 0 Å². The first-order valence-electron chi connectivity index (χ1n) is 7.98. The van der Waals surface area contributed by atoms with Crippen molar-refractivity contribution in [1.29, 1.82) is 0 Å². The van der Waals surface area contributed by atoms with Crippen molar-refractivity contribution in [3.05, 3.63) is 30.3 Å². The van der Waals surface area contributed by atoms with Gasteiger partial charge in [0.1, 0.15) is 18.4 Å². The number of hydrogen-bond acceptors (Lipinski definition) is 5. The maximum atomic E-state index is 12.8. The van der Waals surface area contributed by atoms with E-state index in [1.54, 1.807) is 35.5 Å². The highest BCUT2D eigenvalue weighted by Crippen LogP contribution is 2.44. The first-order valence-corrected chi connectivity index (χ1v) is 10.1. The molecule has 2 atom stereocenters. The lowest BCUT2D eigenvalue weighted by Gasteiger charge is -2.40. The highest BCUT2D eigenvalue weighted by atomic mass is 32.2. The first-order chi connectivity index (χ1) is 11.5. The molecule has 0 N–H and O–H groups in total. The van der Waals surface area contributed by atoms with E-state index in [0.717, 1.165) is 11.5 Å². The summed E-state index contributed by atoms with van der Waals surface area (Å²) in [5, 5.41) is 0. The van der Waals surface area contributed by atoms with Crippen molar-refractivity contribution < 1.29 is 14.3 Å². The van der Waals surface area contributed by atoms with Gasteiger partial charge in [0.15, 0.2) is 0 Å². The van der Waals surface area contributed by atoms with Crippen LogP contribution in [-0.4, -0.2) is 70.0 Å². The molecule has 0 spiro atoms. The predicted octanol–water partition coefficient (Wildman–Crippen LogP) is 1.93. The minimum Gasteiger partial charge on any atom is -0.492 e. The number of hydrogen-bond donors (Lipinski definition) is 0. The third-order valence-corrected chi connectivity index (χ3v) is 7.18. The monoisotopic (exact) mass is 366 g/mol. The number of ether oxygens (including phenoxy) is 1. The molecule has 3 rings (SSSR count). The SMILES string of the molecule is CN(CCOc1ccccc1)C(=O)C1CSC2(C)CSCC(=O)N12. The zero-order valence-corrected chi connectivity index (χ0v) is 15.6. The van der Waals surface area contributed by atoms with Crippen molar-refractivity contribution in [1.82, 2.24) is 9.80 Å². The summed E-state index contributed by atoms with van der Waals surface area (Å²) in [6.07, 6.45) is 0. The smallest absolute Gasteiger partial charge is 0.246 e. The van der Waals surface area contributed by atoms with E-state index in [2.05, 4.69) is 6.92 Å². The fourth-order valence-electron chi connectivity index (χ4n) is 3.04. The normalized spacial score (nSPS) is 26.2. The van der Waals surface area contributed by atoms with Crippen LogP contribution < -0.4 is 4.74 Å². The van der Waals surface area contributed by atoms with Crippen LogP contribution in [0, 0.1) is 0 Å². The summed E-state index contributed by atoms with van der Waals surface area (Å²) < 4.78 is 5.65. The Bertz CT molecular complexity index is 613. The number of fused-ring (bicyclic) bond motifs is 1. The standard InChI is InChI=1S/C17H22N2O3S2/c1-17-12-23-11-15(20)19(17)14(10-24-17)16(21)18(2)8-9-22-13-6-4-3-5-7-13/h3-7,14H,8-12H2,1-2H3. The topological polar surface area (TPSA) is 49.9 Å². The van der Waals surface area contributed by atoms with Crippen LogP contribution in [0.4, 0.5) is 0 Å². The van der Waals surface area contributed by atoms with E-state index in [1.807, 2.05) is 35.2 Å². The molecule has 7 heteroatoms. The summed E-state index contributed by atoms with van der Waals surface area (Å²) in [7, 11) is 1.78. The van der Waals surface area contributed by atoms with Gasteiger partial charge in [-0.25, -0.2) is 0 Å². The van der Waals surface area contributed by atoms with Crippen molar-refractivity contribution in [2.24, 2.45) is 0 Å². The maximum absolute atomic E-state index is 12.8. The van der Waals surface area contributed by atoms with E-state index in [9.17, 15) is 9.59 Å². The highest BCUT2D eigenvalue weighted by molar-refractivity contribution is 8.04.